The first-order valence-corrected chi connectivity index (χ1v) is 5.78. The molecule has 0 radical (unpaired) electrons. The third-order valence-corrected chi connectivity index (χ3v) is 3.09. The van der Waals surface area contributed by atoms with Gasteiger partial charge >= 0.3 is 0 Å². The average Bonchev–Trinajstić information content (AvgIpc) is 2.15. The van der Waals surface area contributed by atoms with Gasteiger partial charge in [-0.15, -0.1) is 0 Å². The van der Waals surface area contributed by atoms with E-state index in [0.717, 1.165) is 12.6 Å². The molecule has 1 aliphatic rings. The lowest BCUT2D eigenvalue weighted by Crippen LogP contribution is -2.37. The van der Waals surface area contributed by atoms with Crippen LogP contribution in [0.1, 0.15) is 45.4 Å². The van der Waals surface area contributed by atoms with E-state index in [1.165, 1.54) is 51.6 Å². The minimum atomic E-state index is 0.826. The molecule has 1 rings (SSSR count). The maximum Gasteiger partial charge on any atom is 0.00669 e. The van der Waals surface area contributed by atoms with Gasteiger partial charge in [-0.05, 0) is 52.2 Å². The van der Waals surface area contributed by atoms with Crippen molar-refractivity contribution in [2.45, 2.75) is 51.5 Å². The van der Waals surface area contributed by atoms with Gasteiger partial charge in [-0.1, -0.05) is 12.8 Å². The molecule has 1 fully saturated rings. The van der Waals surface area contributed by atoms with E-state index >= 15 is 0 Å². The lowest BCUT2D eigenvalue weighted by Gasteiger charge is -2.33. The second-order valence-corrected chi connectivity index (χ2v) is 4.23. The zero-order valence-electron chi connectivity index (χ0n) is 8.97. The van der Waals surface area contributed by atoms with E-state index in [9.17, 15) is 0 Å². The minimum absolute atomic E-state index is 0.826. The third-order valence-electron chi connectivity index (χ3n) is 3.09. The lowest BCUT2D eigenvalue weighted by molar-refractivity contribution is 0.158. The predicted molar refractivity (Wildman–Crippen MR) is 57.8 cm³/mol. The number of rotatable bonds is 5. The van der Waals surface area contributed by atoms with E-state index in [-0.39, 0.29) is 0 Å². The van der Waals surface area contributed by atoms with Gasteiger partial charge in [0.25, 0.3) is 0 Å². The number of nitrogens with zero attached hydrogens (tertiary/aromatic N) is 1. The molecular formula is C11H24N2. The standard InChI is InChI=1S/C11H24N2/c1-11-7-3-6-10-13(11)9-5-2-4-8-12/h11H,2-10,12H2,1H3. The number of hydrogen-bond donors (Lipinski definition) is 1. The quantitative estimate of drug-likeness (QED) is 0.662. The molecule has 0 aliphatic carbocycles. The van der Waals surface area contributed by atoms with Crippen molar-refractivity contribution in [3.05, 3.63) is 0 Å². The summed E-state index contributed by atoms with van der Waals surface area (Å²) >= 11 is 0. The Morgan fingerprint density at radius 3 is 2.77 bits per heavy atom. The van der Waals surface area contributed by atoms with E-state index in [4.69, 9.17) is 5.73 Å². The average molecular weight is 184 g/mol. The Morgan fingerprint density at radius 2 is 2.08 bits per heavy atom. The van der Waals surface area contributed by atoms with Gasteiger partial charge in [0.05, 0.1) is 0 Å². The molecular weight excluding hydrogens is 160 g/mol. The summed E-state index contributed by atoms with van der Waals surface area (Å²) < 4.78 is 0. The molecule has 2 nitrogen and oxygen atoms in total. The topological polar surface area (TPSA) is 29.3 Å². The van der Waals surface area contributed by atoms with Gasteiger partial charge in [-0.3, -0.25) is 0 Å². The second kappa shape index (κ2) is 6.39. The monoisotopic (exact) mass is 184 g/mol. The summed E-state index contributed by atoms with van der Waals surface area (Å²) in [5, 5.41) is 0. The molecule has 0 aromatic rings. The number of nitrogens with two attached hydrogens (primary N) is 1. The molecule has 0 aromatic carbocycles. The molecule has 0 spiro atoms. The molecule has 1 saturated heterocycles. The van der Waals surface area contributed by atoms with Crippen LogP contribution in [0.4, 0.5) is 0 Å². The van der Waals surface area contributed by atoms with Crippen LogP contribution in [0.2, 0.25) is 0 Å². The molecule has 0 bridgehead atoms. The fraction of sp³-hybridized carbons (Fsp3) is 1.00. The number of piperidine rings is 1. The van der Waals surface area contributed by atoms with E-state index in [0.29, 0.717) is 0 Å². The highest BCUT2D eigenvalue weighted by molar-refractivity contribution is 4.72. The number of unbranched alkanes of at least 4 members (excludes halogenated alkanes) is 2. The Balaban J connectivity index is 2.05. The number of likely N-dealkylation sites (tertiary alicyclic amines) is 1. The third kappa shape index (κ3) is 4.10. The summed E-state index contributed by atoms with van der Waals surface area (Å²) in [5.74, 6) is 0. The predicted octanol–water partition coefficient (Wildman–Crippen LogP) is 1.99. The van der Waals surface area contributed by atoms with Gasteiger partial charge in [0, 0.05) is 6.04 Å². The molecule has 0 amide bonds. The van der Waals surface area contributed by atoms with E-state index in [1.54, 1.807) is 0 Å². The SMILES string of the molecule is CC1CCCCN1CCCCCN. The summed E-state index contributed by atoms with van der Waals surface area (Å²) in [4.78, 5) is 2.64. The van der Waals surface area contributed by atoms with Crippen LogP contribution in [-0.4, -0.2) is 30.6 Å². The zero-order chi connectivity index (χ0) is 9.52. The van der Waals surface area contributed by atoms with Gasteiger partial charge in [-0.25, -0.2) is 0 Å². The highest BCUT2D eigenvalue weighted by Gasteiger charge is 2.16. The summed E-state index contributed by atoms with van der Waals surface area (Å²) in [6, 6.07) is 0.826. The largest absolute Gasteiger partial charge is 0.330 e. The summed E-state index contributed by atoms with van der Waals surface area (Å²) in [6.45, 7) is 5.84. The van der Waals surface area contributed by atoms with E-state index < -0.39 is 0 Å². The molecule has 1 atom stereocenters. The first-order valence-electron chi connectivity index (χ1n) is 5.78. The Hall–Kier alpha value is -0.0800. The molecule has 2 N–H and O–H groups in total. The van der Waals surface area contributed by atoms with Crippen molar-refractivity contribution in [1.82, 2.24) is 4.90 Å². The van der Waals surface area contributed by atoms with Crippen molar-refractivity contribution in [3.8, 4) is 0 Å². The van der Waals surface area contributed by atoms with Crippen LogP contribution in [0.3, 0.4) is 0 Å². The highest BCUT2D eigenvalue weighted by Crippen LogP contribution is 2.16. The highest BCUT2D eigenvalue weighted by atomic mass is 15.1. The van der Waals surface area contributed by atoms with Crippen LogP contribution >= 0.6 is 0 Å². The molecule has 0 aromatic heterocycles. The first-order chi connectivity index (χ1) is 6.34. The van der Waals surface area contributed by atoms with Gasteiger partial charge < -0.3 is 10.6 Å². The first kappa shape index (κ1) is 11.0. The van der Waals surface area contributed by atoms with Crippen molar-refractivity contribution in [2.24, 2.45) is 5.73 Å². The van der Waals surface area contributed by atoms with Crippen LogP contribution in [0.5, 0.6) is 0 Å². The normalized spacial score (nSPS) is 24.9. The van der Waals surface area contributed by atoms with Crippen molar-refractivity contribution >= 4 is 0 Å². The van der Waals surface area contributed by atoms with Crippen LogP contribution in [0.25, 0.3) is 0 Å². The molecule has 13 heavy (non-hydrogen) atoms. The van der Waals surface area contributed by atoms with Crippen molar-refractivity contribution < 1.29 is 0 Å². The Kier molecular flexibility index (Phi) is 5.40. The Morgan fingerprint density at radius 1 is 1.23 bits per heavy atom. The van der Waals surface area contributed by atoms with Gasteiger partial charge in [0.2, 0.25) is 0 Å². The maximum absolute atomic E-state index is 5.46. The smallest absolute Gasteiger partial charge is 0.00669 e. The molecule has 0 saturated carbocycles. The van der Waals surface area contributed by atoms with E-state index in [1.807, 2.05) is 0 Å². The molecule has 2 heteroatoms. The molecule has 1 heterocycles. The maximum atomic E-state index is 5.46. The fourth-order valence-electron chi connectivity index (χ4n) is 2.13. The lowest BCUT2D eigenvalue weighted by atomic mass is 10.0. The second-order valence-electron chi connectivity index (χ2n) is 4.23. The number of hydrogen-bond acceptors (Lipinski definition) is 2. The van der Waals surface area contributed by atoms with Crippen molar-refractivity contribution in [2.75, 3.05) is 19.6 Å². The zero-order valence-corrected chi connectivity index (χ0v) is 8.97. The fourth-order valence-corrected chi connectivity index (χ4v) is 2.13. The van der Waals surface area contributed by atoms with Gasteiger partial charge in [-0.2, -0.15) is 0 Å². The van der Waals surface area contributed by atoms with Crippen LogP contribution in [0.15, 0.2) is 0 Å². The Labute approximate surface area is 82.5 Å². The molecule has 1 unspecified atom stereocenters. The van der Waals surface area contributed by atoms with Crippen molar-refractivity contribution in [3.63, 3.8) is 0 Å². The van der Waals surface area contributed by atoms with Crippen LogP contribution in [-0.2, 0) is 0 Å². The summed E-state index contributed by atoms with van der Waals surface area (Å²) in [5.41, 5.74) is 5.46. The molecule has 78 valence electrons. The summed E-state index contributed by atoms with van der Waals surface area (Å²) in [7, 11) is 0. The minimum Gasteiger partial charge on any atom is -0.330 e. The van der Waals surface area contributed by atoms with Crippen molar-refractivity contribution in [1.29, 1.82) is 0 Å². The molecule has 1 aliphatic heterocycles. The van der Waals surface area contributed by atoms with Crippen LogP contribution < -0.4 is 5.73 Å². The van der Waals surface area contributed by atoms with Crippen LogP contribution in [0, 0.1) is 0 Å². The van der Waals surface area contributed by atoms with Gasteiger partial charge in [0.15, 0.2) is 0 Å². The van der Waals surface area contributed by atoms with E-state index in [2.05, 4.69) is 11.8 Å². The summed E-state index contributed by atoms with van der Waals surface area (Å²) in [6.07, 6.45) is 8.07. The Bertz CT molecular complexity index is 125. The van der Waals surface area contributed by atoms with Gasteiger partial charge in [0.1, 0.15) is 0 Å².